The van der Waals surface area contributed by atoms with Crippen molar-refractivity contribution in [3.8, 4) is 0 Å². The van der Waals surface area contributed by atoms with E-state index in [0.29, 0.717) is 5.69 Å². The van der Waals surface area contributed by atoms with Crippen molar-refractivity contribution in [2.24, 2.45) is 0 Å². The van der Waals surface area contributed by atoms with Gasteiger partial charge in [-0.25, -0.2) is 9.67 Å². The Hall–Kier alpha value is -2.48. The molecule has 2 aromatic heterocycles. The van der Waals surface area contributed by atoms with Crippen LogP contribution in [0.15, 0.2) is 24.5 Å². The zero-order chi connectivity index (χ0) is 17.1. The zero-order valence-corrected chi connectivity index (χ0v) is 14.0. The summed E-state index contributed by atoms with van der Waals surface area (Å²) < 4.78 is 1.47. The fourth-order valence-corrected chi connectivity index (χ4v) is 3.02. The lowest BCUT2D eigenvalue weighted by atomic mass is 10.1. The van der Waals surface area contributed by atoms with Crippen LogP contribution in [0.4, 0.5) is 5.82 Å². The molecule has 2 aromatic rings. The number of pyridine rings is 1. The zero-order valence-electron chi connectivity index (χ0n) is 14.0. The van der Waals surface area contributed by atoms with Gasteiger partial charge in [0.15, 0.2) is 0 Å². The highest BCUT2D eigenvalue weighted by Gasteiger charge is 2.30. The van der Waals surface area contributed by atoms with E-state index in [0.717, 1.165) is 30.8 Å². The van der Waals surface area contributed by atoms with Gasteiger partial charge in [-0.3, -0.25) is 4.79 Å². The number of likely N-dealkylation sites (tertiary alicyclic amines) is 1. The summed E-state index contributed by atoms with van der Waals surface area (Å²) >= 11 is 0. The number of aromatic nitrogens is 4. The monoisotopic (exact) mass is 330 g/mol. The average molecular weight is 330 g/mol. The Morgan fingerprint density at radius 3 is 3.00 bits per heavy atom. The van der Waals surface area contributed by atoms with Crippen molar-refractivity contribution in [3.63, 3.8) is 0 Å². The Labute approximate surface area is 140 Å². The second kappa shape index (κ2) is 6.96. The molecule has 1 atom stereocenters. The number of hydrogen-bond acceptors (Lipinski definition) is 6. The van der Waals surface area contributed by atoms with Crippen LogP contribution in [-0.2, 0) is 17.9 Å². The fraction of sp³-hybridized carbons (Fsp3) is 0.500. The van der Waals surface area contributed by atoms with Crippen molar-refractivity contribution >= 4 is 11.7 Å². The summed E-state index contributed by atoms with van der Waals surface area (Å²) in [6, 6.07) is 4.08. The van der Waals surface area contributed by atoms with E-state index in [2.05, 4.69) is 15.3 Å². The maximum atomic E-state index is 12.7. The van der Waals surface area contributed by atoms with Gasteiger partial charge in [-0.2, -0.15) is 0 Å². The molecule has 1 fully saturated rings. The van der Waals surface area contributed by atoms with E-state index >= 15 is 0 Å². The van der Waals surface area contributed by atoms with E-state index in [1.54, 1.807) is 12.4 Å². The lowest BCUT2D eigenvalue weighted by Crippen LogP contribution is -2.33. The third-order valence-corrected chi connectivity index (χ3v) is 4.23. The lowest BCUT2D eigenvalue weighted by molar-refractivity contribution is -0.133. The number of nitrogens with zero attached hydrogens (tertiary/aromatic N) is 6. The first kappa shape index (κ1) is 16.4. The maximum absolute atomic E-state index is 12.7. The van der Waals surface area contributed by atoms with Crippen LogP contribution in [0, 0.1) is 0 Å². The topological polar surface area (TPSA) is 87.4 Å². The molecule has 8 nitrogen and oxygen atoms in total. The molecule has 0 aliphatic carbocycles. The second-order valence-corrected chi connectivity index (χ2v) is 6.15. The highest BCUT2D eigenvalue weighted by molar-refractivity contribution is 5.76. The number of aliphatic hydroxyl groups is 1. The minimum Gasteiger partial charge on any atom is -0.390 e. The van der Waals surface area contributed by atoms with Crippen LogP contribution in [0.25, 0.3) is 0 Å². The van der Waals surface area contributed by atoms with E-state index < -0.39 is 0 Å². The predicted octanol–water partition coefficient (Wildman–Crippen LogP) is 0.595. The van der Waals surface area contributed by atoms with Crippen molar-refractivity contribution in [2.75, 3.05) is 25.5 Å². The maximum Gasteiger partial charge on any atom is 0.244 e. The Morgan fingerprint density at radius 1 is 1.46 bits per heavy atom. The van der Waals surface area contributed by atoms with Gasteiger partial charge in [0.2, 0.25) is 5.91 Å². The molecule has 24 heavy (non-hydrogen) atoms. The van der Waals surface area contributed by atoms with E-state index in [1.807, 2.05) is 36.0 Å². The Kier molecular flexibility index (Phi) is 4.75. The molecule has 3 rings (SSSR count). The van der Waals surface area contributed by atoms with Gasteiger partial charge in [0.05, 0.1) is 18.8 Å². The Bertz CT molecular complexity index is 714. The molecule has 0 saturated carbocycles. The minimum atomic E-state index is -0.176. The lowest BCUT2D eigenvalue weighted by Gasteiger charge is -2.25. The molecule has 0 aromatic carbocycles. The van der Waals surface area contributed by atoms with Gasteiger partial charge in [0.1, 0.15) is 18.1 Å². The number of rotatable bonds is 5. The highest BCUT2D eigenvalue weighted by Crippen LogP contribution is 2.33. The van der Waals surface area contributed by atoms with Crippen molar-refractivity contribution < 1.29 is 9.90 Å². The fourth-order valence-electron chi connectivity index (χ4n) is 3.02. The van der Waals surface area contributed by atoms with Crippen LogP contribution < -0.4 is 4.90 Å². The quantitative estimate of drug-likeness (QED) is 0.863. The van der Waals surface area contributed by atoms with E-state index in [-0.39, 0.29) is 25.1 Å². The number of anilines is 1. The largest absolute Gasteiger partial charge is 0.390 e. The molecule has 0 bridgehead atoms. The van der Waals surface area contributed by atoms with Crippen LogP contribution in [0.1, 0.15) is 30.1 Å². The van der Waals surface area contributed by atoms with Gasteiger partial charge < -0.3 is 14.9 Å². The number of carbonyl (C=O) groups is 1. The number of aliphatic hydroxyl groups excluding tert-OH is 1. The summed E-state index contributed by atoms with van der Waals surface area (Å²) in [5.74, 6) is 0.894. The SMILES string of the molecule is CN(C)c1cc([C@@H]2CCCN2C(=O)Cn2cc(CO)nn2)ccn1. The van der Waals surface area contributed by atoms with Gasteiger partial charge in [0.25, 0.3) is 0 Å². The molecule has 1 amide bonds. The van der Waals surface area contributed by atoms with Gasteiger partial charge in [-0.1, -0.05) is 5.21 Å². The average Bonchev–Trinajstić information content (AvgIpc) is 3.23. The molecule has 1 aliphatic rings. The molecule has 1 saturated heterocycles. The molecule has 0 spiro atoms. The first-order valence-electron chi connectivity index (χ1n) is 8.01. The molecule has 0 radical (unpaired) electrons. The van der Waals surface area contributed by atoms with Crippen LogP contribution in [0.2, 0.25) is 0 Å². The van der Waals surface area contributed by atoms with Crippen LogP contribution in [-0.4, -0.2) is 56.5 Å². The molecular formula is C16H22N6O2. The van der Waals surface area contributed by atoms with Gasteiger partial charge >= 0.3 is 0 Å². The summed E-state index contributed by atoms with van der Waals surface area (Å²) in [6.45, 7) is 0.699. The molecular weight excluding hydrogens is 308 g/mol. The number of hydrogen-bond donors (Lipinski definition) is 1. The van der Waals surface area contributed by atoms with E-state index in [1.165, 1.54) is 4.68 Å². The normalized spacial score (nSPS) is 17.3. The summed E-state index contributed by atoms with van der Waals surface area (Å²) in [4.78, 5) is 20.9. The van der Waals surface area contributed by atoms with Crippen molar-refractivity contribution in [3.05, 3.63) is 35.8 Å². The van der Waals surface area contributed by atoms with Crippen molar-refractivity contribution in [1.82, 2.24) is 24.9 Å². The van der Waals surface area contributed by atoms with E-state index in [9.17, 15) is 4.79 Å². The third-order valence-electron chi connectivity index (χ3n) is 4.23. The molecule has 8 heteroatoms. The van der Waals surface area contributed by atoms with E-state index in [4.69, 9.17) is 5.11 Å². The van der Waals surface area contributed by atoms with Crippen molar-refractivity contribution in [2.45, 2.75) is 32.0 Å². The Balaban J connectivity index is 1.75. The van der Waals surface area contributed by atoms with Crippen LogP contribution in [0.3, 0.4) is 0 Å². The third kappa shape index (κ3) is 3.38. The molecule has 3 heterocycles. The predicted molar refractivity (Wildman–Crippen MR) is 88.2 cm³/mol. The van der Waals surface area contributed by atoms with Crippen LogP contribution >= 0.6 is 0 Å². The highest BCUT2D eigenvalue weighted by atomic mass is 16.3. The molecule has 0 unspecified atom stereocenters. The summed E-state index contributed by atoms with van der Waals surface area (Å²) in [5.41, 5.74) is 1.57. The number of carbonyl (C=O) groups excluding carboxylic acids is 1. The first-order valence-corrected chi connectivity index (χ1v) is 8.01. The van der Waals surface area contributed by atoms with Gasteiger partial charge in [-0.15, -0.1) is 5.10 Å². The van der Waals surface area contributed by atoms with Crippen molar-refractivity contribution in [1.29, 1.82) is 0 Å². The molecule has 1 aliphatic heterocycles. The minimum absolute atomic E-state index is 0.00936. The Morgan fingerprint density at radius 2 is 2.29 bits per heavy atom. The first-order chi connectivity index (χ1) is 11.6. The molecule has 128 valence electrons. The second-order valence-electron chi connectivity index (χ2n) is 6.15. The summed E-state index contributed by atoms with van der Waals surface area (Å²) in [7, 11) is 3.90. The smallest absolute Gasteiger partial charge is 0.244 e. The van der Waals surface area contributed by atoms with Crippen LogP contribution in [0.5, 0.6) is 0 Å². The standard InChI is InChI=1S/C16H22N6O2/c1-20(2)15-8-12(5-6-17-15)14-4-3-7-22(14)16(24)10-21-9-13(11-23)18-19-21/h5-6,8-9,14,23H,3-4,7,10-11H2,1-2H3/t14-/m0/s1. The summed E-state index contributed by atoms with van der Waals surface area (Å²) in [6.07, 6.45) is 5.31. The molecule has 1 N–H and O–H groups in total. The van der Waals surface area contributed by atoms with Gasteiger partial charge in [0, 0.05) is 26.8 Å². The van der Waals surface area contributed by atoms with Gasteiger partial charge in [-0.05, 0) is 30.5 Å². The number of amides is 1. The summed E-state index contributed by atoms with van der Waals surface area (Å²) in [5, 5.41) is 16.7.